The fourth-order valence-electron chi connectivity index (χ4n) is 2.42. The van der Waals surface area contributed by atoms with Crippen LogP contribution in [0.25, 0.3) is 11.0 Å². The van der Waals surface area contributed by atoms with Crippen molar-refractivity contribution in [3.8, 4) is 0 Å². The van der Waals surface area contributed by atoms with Crippen LogP contribution in [0.4, 0.5) is 21.8 Å². The van der Waals surface area contributed by atoms with Gasteiger partial charge in [0, 0.05) is 12.8 Å². The molecule has 0 atom stereocenters. The van der Waals surface area contributed by atoms with Crippen molar-refractivity contribution < 1.29 is 9.13 Å². The number of aromatic nitrogens is 4. The SMILES string of the molecule is COCC(C)(C)Nc1ncc2ncnc(Nc3ccc(F)c(Cl)c3)c2n1. The lowest BCUT2D eigenvalue weighted by Gasteiger charge is -2.25. The highest BCUT2D eigenvalue weighted by Gasteiger charge is 2.19. The highest BCUT2D eigenvalue weighted by atomic mass is 35.5. The molecule has 0 unspecified atom stereocenters. The highest BCUT2D eigenvalue weighted by Crippen LogP contribution is 2.25. The number of ether oxygens (including phenoxy) is 1. The Balaban J connectivity index is 1.95. The van der Waals surface area contributed by atoms with E-state index >= 15 is 0 Å². The summed E-state index contributed by atoms with van der Waals surface area (Å²) < 4.78 is 18.5. The Morgan fingerprint density at radius 2 is 2.04 bits per heavy atom. The smallest absolute Gasteiger partial charge is 0.223 e. The molecule has 3 rings (SSSR count). The predicted octanol–water partition coefficient (Wildman–Crippen LogP) is 3.79. The van der Waals surface area contributed by atoms with Crippen molar-refractivity contribution in [1.82, 2.24) is 19.9 Å². The number of nitrogens with one attached hydrogen (secondary N) is 2. The molecule has 0 bridgehead atoms. The third-order valence-corrected chi connectivity index (χ3v) is 3.80. The number of hydrogen-bond donors (Lipinski definition) is 2. The van der Waals surface area contributed by atoms with Gasteiger partial charge in [-0.25, -0.2) is 24.3 Å². The number of halogens is 2. The molecule has 7 nitrogen and oxygen atoms in total. The summed E-state index contributed by atoms with van der Waals surface area (Å²) in [6.45, 7) is 4.44. The first-order valence-corrected chi connectivity index (χ1v) is 8.23. The maximum absolute atomic E-state index is 13.3. The number of fused-ring (bicyclic) bond motifs is 1. The molecule has 1 aromatic carbocycles. The van der Waals surface area contributed by atoms with Crippen molar-refractivity contribution in [1.29, 1.82) is 0 Å². The first-order chi connectivity index (χ1) is 12.4. The van der Waals surface area contributed by atoms with Gasteiger partial charge in [-0.05, 0) is 32.0 Å². The molecule has 0 aliphatic carbocycles. The van der Waals surface area contributed by atoms with E-state index in [1.165, 1.54) is 18.5 Å². The van der Waals surface area contributed by atoms with Gasteiger partial charge in [0.15, 0.2) is 5.82 Å². The Morgan fingerprint density at radius 1 is 1.23 bits per heavy atom. The van der Waals surface area contributed by atoms with Crippen LogP contribution in [-0.2, 0) is 4.74 Å². The number of anilines is 3. The molecular formula is C17H18ClFN6O. The largest absolute Gasteiger partial charge is 0.382 e. The van der Waals surface area contributed by atoms with Crippen LogP contribution >= 0.6 is 11.6 Å². The predicted molar refractivity (Wildman–Crippen MR) is 99.4 cm³/mol. The molecule has 26 heavy (non-hydrogen) atoms. The summed E-state index contributed by atoms with van der Waals surface area (Å²) in [6, 6.07) is 4.33. The van der Waals surface area contributed by atoms with E-state index in [9.17, 15) is 4.39 Å². The van der Waals surface area contributed by atoms with E-state index in [1.807, 2.05) is 13.8 Å². The van der Waals surface area contributed by atoms with Gasteiger partial charge in [0.05, 0.1) is 23.4 Å². The van der Waals surface area contributed by atoms with Gasteiger partial charge < -0.3 is 15.4 Å². The Hall–Kier alpha value is -2.58. The lowest BCUT2D eigenvalue weighted by atomic mass is 10.1. The Morgan fingerprint density at radius 3 is 2.77 bits per heavy atom. The molecule has 3 aromatic rings. The second-order valence-corrected chi connectivity index (χ2v) is 6.75. The first-order valence-electron chi connectivity index (χ1n) is 7.85. The first kappa shape index (κ1) is 18.2. The van der Waals surface area contributed by atoms with Crippen LogP contribution in [0.3, 0.4) is 0 Å². The molecule has 0 spiro atoms. The number of rotatable bonds is 6. The molecule has 136 valence electrons. The zero-order valence-corrected chi connectivity index (χ0v) is 15.3. The minimum atomic E-state index is -0.487. The summed E-state index contributed by atoms with van der Waals surface area (Å²) in [6.07, 6.45) is 3.01. The lowest BCUT2D eigenvalue weighted by Crippen LogP contribution is -2.36. The second kappa shape index (κ2) is 7.35. The van der Waals surface area contributed by atoms with Crippen LogP contribution in [0.15, 0.2) is 30.7 Å². The van der Waals surface area contributed by atoms with E-state index in [0.717, 1.165) is 0 Å². The zero-order valence-electron chi connectivity index (χ0n) is 14.5. The van der Waals surface area contributed by atoms with Crippen LogP contribution in [0, 0.1) is 5.82 Å². The average molecular weight is 377 g/mol. The van der Waals surface area contributed by atoms with Crippen LogP contribution in [-0.4, -0.2) is 39.2 Å². The molecule has 0 saturated carbocycles. The summed E-state index contributed by atoms with van der Waals surface area (Å²) in [5.74, 6) is 0.404. The lowest BCUT2D eigenvalue weighted by molar-refractivity contribution is 0.158. The van der Waals surface area contributed by atoms with Crippen molar-refractivity contribution in [3.63, 3.8) is 0 Å². The van der Waals surface area contributed by atoms with Crippen molar-refractivity contribution in [2.45, 2.75) is 19.4 Å². The molecular weight excluding hydrogens is 359 g/mol. The van der Waals surface area contributed by atoms with E-state index in [-0.39, 0.29) is 10.6 Å². The number of benzene rings is 1. The van der Waals surface area contributed by atoms with Gasteiger partial charge in [-0.3, -0.25) is 0 Å². The zero-order chi connectivity index (χ0) is 18.7. The Bertz CT molecular complexity index is 936. The molecule has 9 heteroatoms. The summed E-state index contributed by atoms with van der Waals surface area (Å²) in [5.41, 5.74) is 1.34. The van der Waals surface area contributed by atoms with Crippen LogP contribution in [0.1, 0.15) is 13.8 Å². The minimum absolute atomic E-state index is 0.0201. The third-order valence-electron chi connectivity index (χ3n) is 3.52. The van der Waals surface area contributed by atoms with Gasteiger partial charge in [0.1, 0.15) is 23.2 Å². The van der Waals surface area contributed by atoms with E-state index in [0.29, 0.717) is 35.1 Å². The normalized spacial score (nSPS) is 11.6. The van der Waals surface area contributed by atoms with Crippen LogP contribution in [0.2, 0.25) is 5.02 Å². The maximum Gasteiger partial charge on any atom is 0.223 e. The summed E-state index contributed by atoms with van der Waals surface area (Å²) in [7, 11) is 1.63. The van der Waals surface area contributed by atoms with E-state index < -0.39 is 5.82 Å². The Kier molecular flexibility index (Phi) is 5.15. The molecule has 2 aromatic heterocycles. The Labute approximate surface area is 155 Å². The molecule has 0 saturated heterocycles. The molecule has 0 fully saturated rings. The van der Waals surface area contributed by atoms with Gasteiger partial charge in [-0.1, -0.05) is 11.6 Å². The topological polar surface area (TPSA) is 84.8 Å². The van der Waals surface area contributed by atoms with Crippen molar-refractivity contribution >= 4 is 40.1 Å². The summed E-state index contributed by atoms with van der Waals surface area (Å²) >= 11 is 5.83. The van der Waals surface area contributed by atoms with Gasteiger partial charge in [-0.2, -0.15) is 0 Å². The third kappa shape index (κ3) is 4.14. The van der Waals surface area contributed by atoms with Gasteiger partial charge >= 0.3 is 0 Å². The summed E-state index contributed by atoms with van der Waals surface area (Å²) in [4.78, 5) is 17.2. The highest BCUT2D eigenvalue weighted by molar-refractivity contribution is 6.31. The van der Waals surface area contributed by atoms with Crippen molar-refractivity contribution in [3.05, 3.63) is 41.6 Å². The van der Waals surface area contributed by atoms with Crippen molar-refractivity contribution in [2.24, 2.45) is 0 Å². The number of methoxy groups -OCH3 is 1. The average Bonchev–Trinajstić information content (AvgIpc) is 2.58. The van der Waals surface area contributed by atoms with Gasteiger partial charge in [0.2, 0.25) is 5.95 Å². The molecule has 0 aliphatic heterocycles. The number of nitrogens with zero attached hydrogens (tertiary/aromatic N) is 4. The van der Waals surface area contributed by atoms with E-state index in [1.54, 1.807) is 19.4 Å². The molecule has 2 N–H and O–H groups in total. The standard InChI is InChI=1S/C17H18ClFN6O/c1-17(2,8-26-3)25-16-20-7-13-14(24-16)15(22-9-21-13)23-10-4-5-12(19)11(18)6-10/h4-7,9H,8H2,1-3H3,(H,20,24,25)(H,21,22,23). The quantitative estimate of drug-likeness (QED) is 0.676. The summed E-state index contributed by atoms with van der Waals surface area (Å²) in [5, 5.41) is 6.32. The van der Waals surface area contributed by atoms with Crippen LogP contribution < -0.4 is 10.6 Å². The molecule has 0 amide bonds. The monoisotopic (exact) mass is 376 g/mol. The molecule has 0 aliphatic rings. The molecule has 0 radical (unpaired) electrons. The van der Waals surface area contributed by atoms with Crippen LogP contribution in [0.5, 0.6) is 0 Å². The molecule has 2 heterocycles. The van der Waals surface area contributed by atoms with E-state index in [2.05, 4.69) is 30.6 Å². The second-order valence-electron chi connectivity index (χ2n) is 6.35. The fourth-order valence-corrected chi connectivity index (χ4v) is 2.60. The number of hydrogen-bond acceptors (Lipinski definition) is 7. The van der Waals surface area contributed by atoms with E-state index in [4.69, 9.17) is 16.3 Å². The van der Waals surface area contributed by atoms with Gasteiger partial charge in [0.25, 0.3) is 0 Å². The van der Waals surface area contributed by atoms with Gasteiger partial charge in [-0.15, -0.1) is 0 Å². The fraction of sp³-hybridized carbons (Fsp3) is 0.294. The van der Waals surface area contributed by atoms with Crippen molar-refractivity contribution in [2.75, 3.05) is 24.4 Å². The minimum Gasteiger partial charge on any atom is -0.382 e. The maximum atomic E-state index is 13.3.